The maximum Gasteiger partial charge on any atom is 0.135 e. The zero-order valence-electron chi connectivity index (χ0n) is 19.9. The van der Waals surface area contributed by atoms with Crippen molar-refractivity contribution in [3.05, 3.63) is 76.8 Å². The van der Waals surface area contributed by atoms with Gasteiger partial charge in [0.05, 0.1) is 33.7 Å². The van der Waals surface area contributed by atoms with E-state index in [4.69, 9.17) is 23.1 Å². The fourth-order valence-electron chi connectivity index (χ4n) is 4.75. The number of hydrogen-bond donors (Lipinski definition) is 4. The first-order valence-corrected chi connectivity index (χ1v) is 12.3. The molecule has 4 aromatic rings. The van der Waals surface area contributed by atoms with Crippen LogP contribution in [0, 0.1) is 12.7 Å². The van der Waals surface area contributed by atoms with Crippen molar-refractivity contribution in [3.63, 3.8) is 0 Å². The molecule has 1 fully saturated rings. The van der Waals surface area contributed by atoms with E-state index < -0.39 is 5.82 Å². The number of amidine groups is 1. The molecule has 186 valence electrons. The second kappa shape index (κ2) is 9.79. The van der Waals surface area contributed by atoms with Crippen LogP contribution in [0.2, 0.25) is 5.02 Å². The summed E-state index contributed by atoms with van der Waals surface area (Å²) in [7, 11) is 0. The highest BCUT2D eigenvalue weighted by atomic mass is 35.5. The quantitative estimate of drug-likeness (QED) is 0.210. The number of nitrogens with two attached hydrogens (primary N) is 2. The van der Waals surface area contributed by atoms with Gasteiger partial charge < -0.3 is 21.9 Å². The van der Waals surface area contributed by atoms with Crippen LogP contribution in [0.4, 0.5) is 15.8 Å². The Labute approximate surface area is 213 Å². The molecule has 0 unspecified atom stereocenters. The van der Waals surface area contributed by atoms with Gasteiger partial charge in [0, 0.05) is 29.9 Å². The van der Waals surface area contributed by atoms with Crippen LogP contribution in [-0.4, -0.2) is 32.6 Å². The number of halogens is 2. The number of aliphatic imine (C=N–C) groups is 1. The number of fused-ring (bicyclic) bond motifs is 1. The maximum atomic E-state index is 13.8. The van der Waals surface area contributed by atoms with Crippen LogP contribution < -0.4 is 16.8 Å². The molecule has 0 amide bonds. The molecular formula is C27H28ClFN6O. The molecule has 1 saturated carbocycles. The Kier molecular flexibility index (Phi) is 6.55. The van der Waals surface area contributed by atoms with Crippen LogP contribution in [0.5, 0.6) is 5.75 Å². The van der Waals surface area contributed by atoms with Gasteiger partial charge in [-0.1, -0.05) is 17.7 Å². The Morgan fingerprint density at radius 1 is 1.17 bits per heavy atom. The average Bonchev–Trinajstić information content (AvgIpc) is 3.27. The van der Waals surface area contributed by atoms with Gasteiger partial charge in [-0.05, 0) is 74.1 Å². The van der Waals surface area contributed by atoms with Gasteiger partial charge in [0.2, 0.25) is 0 Å². The maximum absolute atomic E-state index is 13.8. The van der Waals surface area contributed by atoms with Crippen LogP contribution >= 0.6 is 11.6 Å². The molecule has 0 radical (unpaired) electrons. The Bertz CT molecular complexity index is 1460. The minimum atomic E-state index is -0.447. The van der Waals surface area contributed by atoms with E-state index in [2.05, 4.69) is 15.4 Å². The molecule has 7 nitrogen and oxygen atoms in total. The van der Waals surface area contributed by atoms with Crippen LogP contribution in [0.1, 0.15) is 36.8 Å². The van der Waals surface area contributed by atoms with Gasteiger partial charge in [-0.2, -0.15) is 5.10 Å². The fraction of sp³-hybridized carbons (Fsp3) is 0.259. The number of nitrogens with one attached hydrogen (secondary N) is 1. The Balaban J connectivity index is 1.62. The van der Waals surface area contributed by atoms with Crippen molar-refractivity contribution in [2.24, 2.45) is 16.5 Å². The number of aromatic nitrogens is 2. The van der Waals surface area contributed by atoms with Crippen molar-refractivity contribution in [3.8, 4) is 16.9 Å². The van der Waals surface area contributed by atoms with Crippen molar-refractivity contribution in [1.29, 1.82) is 0 Å². The lowest BCUT2D eigenvalue weighted by Crippen LogP contribution is -2.33. The van der Waals surface area contributed by atoms with Gasteiger partial charge in [-0.25, -0.2) is 13.9 Å². The van der Waals surface area contributed by atoms with Gasteiger partial charge in [-0.3, -0.25) is 0 Å². The van der Waals surface area contributed by atoms with Crippen LogP contribution in [0.3, 0.4) is 0 Å². The molecule has 0 atom stereocenters. The third kappa shape index (κ3) is 4.87. The highest BCUT2D eigenvalue weighted by molar-refractivity contribution is 6.33. The highest BCUT2D eigenvalue weighted by Crippen LogP contribution is 2.34. The molecule has 0 bridgehead atoms. The molecule has 2 heterocycles. The van der Waals surface area contributed by atoms with E-state index in [1.54, 1.807) is 22.8 Å². The second-order valence-corrected chi connectivity index (χ2v) is 9.75. The standard InChI is InChI=1S/C27H28ClFN6O/c1-15-10-20(36)7-8-21(15)16-11-25-26(33-19-5-3-18(30)4-6-19)22(13-32-35(25)14-16)27(31)34-24-12-17(29)2-9-23(24)28/h2,7-14,18-19,33,36H,3-6,30H2,1H3,(H2,31,34). The molecule has 1 aliphatic carbocycles. The van der Waals surface area contributed by atoms with E-state index in [9.17, 15) is 9.50 Å². The Hall–Kier alpha value is -3.62. The van der Waals surface area contributed by atoms with Gasteiger partial charge in [0.25, 0.3) is 0 Å². The van der Waals surface area contributed by atoms with Crippen molar-refractivity contribution in [1.82, 2.24) is 9.61 Å². The summed E-state index contributed by atoms with van der Waals surface area (Å²) in [5.74, 6) is -0.0497. The lowest BCUT2D eigenvalue weighted by molar-refractivity contribution is 0.411. The number of aryl methyl sites for hydroxylation is 1. The molecule has 2 aromatic carbocycles. The molecule has 36 heavy (non-hydrogen) atoms. The van der Waals surface area contributed by atoms with Crippen LogP contribution in [-0.2, 0) is 0 Å². The van der Waals surface area contributed by atoms with Crippen molar-refractivity contribution >= 4 is 34.3 Å². The highest BCUT2D eigenvalue weighted by Gasteiger charge is 2.22. The first-order valence-electron chi connectivity index (χ1n) is 11.9. The third-order valence-corrected chi connectivity index (χ3v) is 7.02. The largest absolute Gasteiger partial charge is 0.508 e. The first kappa shape index (κ1) is 24.1. The molecule has 0 saturated heterocycles. The third-order valence-electron chi connectivity index (χ3n) is 6.70. The normalized spacial score (nSPS) is 18.5. The van der Waals surface area contributed by atoms with Crippen molar-refractivity contribution < 1.29 is 9.50 Å². The summed E-state index contributed by atoms with van der Waals surface area (Å²) in [6.45, 7) is 1.95. The van der Waals surface area contributed by atoms with Crippen LogP contribution in [0.15, 0.2) is 59.9 Å². The SMILES string of the molecule is Cc1cc(O)ccc1-c1cc2c(NC3CCC(N)CC3)c(C(N)=Nc3cc(F)ccc3Cl)cnn2c1. The minimum absolute atomic E-state index is 0.177. The molecule has 6 N–H and O–H groups in total. The molecule has 1 aliphatic rings. The molecule has 9 heteroatoms. The second-order valence-electron chi connectivity index (χ2n) is 9.34. The van der Waals surface area contributed by atoms with Gasteiger partial charge >= 0.3 is 0 Å². The van der Waals surface area contributed by atoms with E-state index in [1.165, 1.54) is 18.2 Å². The van der Waals surface area contributed by atoms with Crippen molar-refractivity contribution in [2.45, 2.75) is 44.7 Å². The summed E-state index contributed by atoms with van der Waals surface area (Å²) in [6, 6.07) is 11.7. The minimum Gasteiger partial charge on any atom is -0.508 e. The Morgan fingerprint density at radius 2 is 1.94 bits per heavy atom. The Morgan fingerprint density at radius 3 is 2.69 bits per heavy atom. The lowest BCUT2D eigenvalue weighted by Gasteiger charge is -2.28. The molecule has 0 spiro atoms. The number of aromatic hydroxyl groups is 1. The number of hydrogen-bond acceptors (Lipinski definition) is 5. The van der Waals surface area contributed by atoms with E-state index in [1.807, 2.05) is 25.3 Å². The van der Waals surface area contributed by atoms with Gasteiger partial charge in [-0.15, -0.1) is 0 Å². The number of phenolic OH excluding ortho intramolecular Hbond substituents is 1. The monoisotopic (exact) mass is 506 g/mol. The predicted octanol–water partition coefficient (Wildman–Crippen LogP) is 5.53. The predicted molar refractivity (Wildman–Crippen MR) is 143 cm³/mol. The zero-order valence-corrected chi connectivity index (χ0v) is 20.6. The summed E-state index contributed by atoms with van der Waals surface area (Å²) in [5, 5.41) is 18.4. The zero-order chi connectivity index (χ0) is 25.4. The number of rotatable bonds is 5. The van der Waals surface area contributed by atoms with E-state index in [-0.39, 0.29) is 29.4 Å². The molecular weight excluding hydrogens is 479 g/mol. The summed E-state index contributed by atoms with van der Waals surface area (Å²) in [5.41, 5.74) is 17.9. The average molecular weight is 507 g/mol. The fourth-order valence-corrected chi connectivity index (χ4v) is 4.91. The van der Waals surface area contributed by atoms with Crippen LogP contribution in [0.25, 0.3) is 16.6 Å². The van der Waals surface area contributed by atoms with Gasteiger partial charge in [0.15, 0.2) is 0 Å². The van der Waals surface area contributed by atoms with Gasteiger partial charge in [0.1, 0.15) is 17.4 Å². The van der Waals surface area contributed by atoms with Crippen molar-refractivity contribution in [2.75, 3.05) is 5.32 Å². The summed E-state index contributed by atoms with van der Waals surface area (Å²) in [4.78, 5) is 4.44. The number of benzene rings is 2. The number of phenols is 1. The molecule has 0 aliphatic heterocycles. The topological polar surface area (TPSA) is 114 Å². The van der Waals surface area contributed by atoms with E-state index in [0.717, 1.165) is 53.6 Å². The number of nitrogens with zero attached hydrogens (tertiary/aromatic N) is 3. The summed E-state index contributed by atoms with van der Waals surface area (Å²) >= 11 is 6.23. The van der Waals surface area contributed by atoms with E-state index >= 15 is 0 Å². The lowest BCUT2D eigenvalue weighted by atomic mass is 9.91. The summed E-state index contributed by atoms with van der Waals surface area (Å²) in [6.07, 6.45) is 7.35. The molecule has 2 aromatic heterocycles. The summed E-state index contributed by atoms with van der Waals surface area (Å²) < 4.78 is 15.6. The van der Waals surface area contributed by atoms with E-state index in [0.29, 0.717) is 10.6 Å². The number of anilines is 1. The smallest absolute Gasteiger partial charge is 0.135 e. The first-order chi connectivity index (χ1) is 17.3. The molecule has 5 rings (SSSR count).